The Morgan fingerprint density at radius 1 is 0.897 bits per heavy atom. The lowest BCUT2D eigenvalue weighted by Gasteiger charge is -2.39. The molecule has 4 bridgehead atoms. The number of aliphatic hydroxyl groups is 4. The molecule has 9 atom stereocenters. The van der Waals surface area contributed by atoms with Gasteiger partial charge in [-0.2, -0.15) is 0 Å². The zero-order chi connectivity index (χ0) is 43.7. The van der Waals surface area contributed by atoms with E-state index < -0.39 is 95.8 Å². The van der Waals surface area contributed by atoms with Crippen LogP contribution in [0.2, 0.25) is 0 Å². The number of benzene rings is 1. The molecular weight excluding hydrogens is 758 g/mol. The average Bonchev–Trinajstić information content (AvgIpc) is 3.16. The minimum Gasteiger partial charge on any atom is -0.505 e. The molecular formula is C42H53NO15. The lowest BCUT2D eigenvalue weighted by molar-refractivity contribution is -0.171. The summed E-state index contributed by atoms with van der Waals surface area (Å²) >= 11 is 0. The number of rotatable bonds is 3. The molecule has 0 fully saturated rings. The van der Waals surface area contributed by atoms with E-state index >= 15 is 0 Å². The zero-order valence-electron chi connectivity index (χ0n) is 34.5. The maximum atomic E-state index is 14.0. The first kappa shape index (κ1) is 45.4. The Bertz CT molecular complexity index is 2040. The summed E-state index contributed by atoms with van der Waals surface area (Å²) in [6.07, 6.45) is -0.755. The number of allylic oxidation sites excluding steroid dienone is 5. The van der Waals surface area contributed by atoms with Crippen LogP contribution in [0.15, 0.2) is 52.5 Å². The average molecular weight is 812 g/mol. The van der Waals surface area contributed by atoms with E-state index in [1.165, 1.54) is 66.7 Å². The van der Waals surface area contributed by atoms with Gasteiger partial charge >= 0.3 is 17.9 Å². The molecule has 1 aliphatic carbocycles. The largest absolute Gasteiger partial charge is 0.505 e. The van der Waals surface area contributed by atoms with Gasteiger partial charge in [-0.3, -0.25) is 24.0 Å². The molecule has 6 N–H and O–H groups in total. The molecule has 9 unspecified atom stereocenters. The monoisotopic (exact) mass is 811 g/mol. The molecule has 58 heavy (non-hydrogen) atoms. The van der Waals surface area contributed by atoms with Crippen molar-refractivity contribution in [2.75, 3.05) is 19.2 Å². The number of aliphatic hydroxyl groups excluding tert-OH is 3. The summed E-state index contributed by atoms with van der Waals surface area (Å²) < 4.78 is 28.0. The van der Waals surface area contributed by atoms with Crippen LogP contribution in [0, 0.1) is 30.6 Å². The number of esters is 3. The van der Waals surface area contributed by atoms with Crippen molar-refractivity contribution < 1.29 is 73.2 Å². The highest BCUT2D eigenvalue weighted by Gasteiger charge is 2.48. The SMILES string of the molecule is COC(=O)C1C(O)C(C)C(OC(C)=O)C(C)C=CC=C(C)C(=O)Nc2c(C)c(OC(C)=O)c3c(c2O)C(=O)C(C)=C2OCOC(=C23)C(C)=CC(C)(O)C(O)C(C)C1O. The molecule has 3 aliphatic heterocycles. The lowest BCUT2D eigenvalue weighted by Crippen LogP contribution is -2.53. The van der Waals surface area contributed by atoms with E-state index in [0.717, 1.165) is 21.0 Å². The normalized spacial score (nSPS) is 29.7. The van der Waals surface area contributed by atoms with E-state index in [-0.39, 0.29) is 61.9 Å². The number of Topliss-reactive ketones (excluding diaryl/α,β-unsaturated/α-hetero) is 1. The standard InChI is InChI=1S/C42H53NO15/c1-17-13-12-14-18(2)40(51)43-30-20(4)38(58-25(9)45)26-27(34(30)49)31(46)22(6)37-28(26)36(55-16-56-37)19(3)15-42(10,53)39(50)23(7)33(48)29(41(52)54-11)32(47)21(5)35(17)57-24(8)44/h12-15,17,21,23,29,32-33,35,39,47-50,53H,16H2,1-11H3,(H,43,51). The van der Waals surface area contributed by atoms with Crippen LogP contribution in [0.25, 0.3) is 5.57 Å². The summed E-state index contributed by atoms with van der Waals surface area (Å²) in [6.45, 7) is 13.5. The molecule has 0 radical (unpaired) electrons. The Labute approximate surface area is 336 Å². The highest BCUT2D eigenvalue weighted by atomic mass is 16.7. The molecule has 1 aromatic carbocycles. The van der Waals surface area contributed by atoms with Gasteiger partial charge in [-0.05, 0) is 46.3 Å². The summed E-state index contributed by atoms with van der Waals surface area (Å²) in [4.78, 5) is 65.7. The number of hydrogen-bond acceptors (Lipinski definition) is 15. The van der Waals surface area contributed by atoms with Gasteiger partial charge in [-0.1, -0.05) is 39.0 Å². The van der Waals surface area contributed by atoms with Crippen LogP contribution in [0.1, 0.15) is 83.8 Å². The molecule has 0 aromatic heterocycles. The molecule has 5 rings (SSSR count). The minimum atomic E-state index is -2.20. The number of amides is 1. The van der Waals surface area contributed by atoms with Crippen molar-refractivity contribution >= 4 is 40.9 Å². The fourth-order valence-corrected chi connectivity index (χ4v) is 7.67. The van der Waals surface area contributed by atoms with Gasteiger partial charge in [0, 0.05) is 53.9 Å². The number of fused-ring (bicyclic) bond motifs is 14. The summed E-state index contributed by atoms with van der Waals surface area (Å²) in [7, 11) is 1.05. The second-order valence-corrected chi connectivity index (χ2v) is 15.3. The lowest BCUT2D eigenvalue weighted by atomic mass is 9.75. The van der Waals surface area contributed by atoms with Gasteiger partial charge < -0.3 is 54.5 Å². The first-order valence-electron chi connectivity index (χ1n) is 18.7. The van der Waals surface area contributed by atoms with Gasteiger partial charge in [0.25, 0.3) is 5.91 Å². The maximum Gasteiger partial charge on any atom is 0.313 e. The molecule has 16 heteroatoms. The molecule has 0 spiro atoms. The summed E-state index contributed by atoms with van der Waals surface area (Å²) in [6, 6.07) is 0. The third kappa shape index (κ3) is 8.74. The Morgan fingerprint density at radius 2 is 1.50 bits per heavy atom. The number of phenols is 1. The first-order valence-corrected chi connectivity index (χ1v) is 18.7. The fourth-order valence-electron chi connectivity index (χ4n) is 7.67. The quantitative estimate of drug-likeness (QED) is 0.145. The number of phenolic OH excluding ortho intramolecular Hbond substituents is 1. The molecule has 4 aliphatic rings. The molecule has 16 nitrogen and oxygen atoms in total. The second-order valence-electron chi connectivity index (χ2n) is 15.3. The van der Waals surface area contributed by atoms with Gasteiger partial charge in [0.15, 0.2) is 11.5 Å². The van der Waals surface area contributed by atoms with E-state index in [9.17, 15) is 49.5 Å². The summed E-state index contributed by atoms with van der Waals surface area (Å²) in [5, 5.41) is 61.2. The first-order chi connectivity index (χ1) is 27.0. The van der Waals surface area contributed by atoms with Crippen molar-refractivity contribution in [3.63, 3.8) is 0 Å². The predicted octanol–water partition coefficient (Wildman–Crippen LogP) is 3.68. The number of anilines is 1. The van der Waals surface area contributed by atoms with E-state index in [1.54, 1.807) is 13.0 Å². The van der Waals surface area contributed by atoms with Crippen molar-refractivity contribution in [2.45, 2.75) is 99.3 Å². The number of ketones is 1. The second kappa shape index (κ2) is 17.7. The van der Waals surface area contributed by atoms with E-state index in [2.05, 4.69) is 5.32 Å². The van der Waals surface area contributed by atoms with E-state index in [4.69, 9.17) is 23.7 Å². The summed E-state index contributed by atoms with van der Waals surface area (Å²) in [5.41, 5.74) is -2.47. The number of carbonyl (C=O) groups excluding carboxylic acids is 5. The predicted molar refractivity (Wildman–Crippen MR) is 208 cm³/mol. The zero-order valence-corrected chi connectivity index (χ0v) is 34.5. The minimum absolute atomic E-state index is 0.00899. The number of ether oxygens (including phenoxy) is 5. The van der Waals surface area contributed by atoms with Crippen molar-refractivity contribution in [1.29, 1.82) is 0 Å². The van der Waals surface area contributed by atoms with E-state index in [0.29, 0.717) is 0 Å². The van der Waals surface area contributed by atoms with Crippen LogP contribution in [0.5, 0.6) is 11.5 Å². The number of hydrogen-bond donors (Lipinski definition) is 6. The van der Waals surface area contributed by atoms with Gasteiger partial charge in [0.05, 0.1) is 42.2 Å². The smallest absolute Gasteiger partial charge is 0.313 e. The Balaban J connectivity index is 2.08. The van der Waals surface area contributed by atoms with Crippen LogP contribution >= 0.6 is 0 Å². The van der Waals surface area contributed by atoms with Crippen LogP contribution < -0.4 is 10.1 Å². The highest BCUT2D eigenvalue weighted by Crippen LogP contribution is 2.53. The Kier molecular flexibility index (Phi) is 13.8. The van der Waals surface area contributed by atoms with Crippen LogP contribution in [-0.2, 0) is 38.1 Å². The van der Waals surface area contributed by atoms with Crippen LogP contribution in [0.4, 0.5) is 5.69 Å². The molecule has 3 heterocycles. The number of nitrogens with one attached hydrogen (secondary N) is 1. The highest BCUT2D eigenvalue weighted by molar-refractivity contribution is 6.21. The van der Waals surface area contributed by atoms with Gasteiger partial charge in [0.2, 0.25) is 6.79 Å². The Morgan fingerprint density at radius 3 is 2.09 bits per heavy atom. The van der Waals surface area contributed by atoms with Gasteiger partial charge in [-0.25, -0.2) is 0 Å². The molecule has 0 saturated carbocycles. The summed E-state index contributed by atoms with van der Waals surface area (Å²) in [5.74, 6) is -9.54. The van der Waals surface area contributed by atoms with Crippen molar-refractivity contribution in [1.82, 2.24) is 0 Å². The van der Waals surface area contributed by atoms with E-state index in [1.807, 2.05) is 0 Å². The molecule has 316 valence electrons. The van der Waals surface area contributed by atoms with Gasteiger partial charge in [-0.15, -0.1) is 0 Å². The van der Waals surface area contributed by atoms with Crippen LogP contribution in [-0.4, -0.2) is 99.1 Å². The van der Waals surface area contributed by atoms with Crippen LogP contribution in [0.3, 0.4) is 0 Å². The fraction of sp³-hybridized carbons (Fsp3) is 0.500. The third-order valence-corrected chi connectivity index (χ3v) is 10.9. The number of aromatic hydroxyl groups is 1. The number of methoxy groups -OCH3 is 1. The number of carbonyl (C=O) groups is 5. The van der Waals surface area contributed by atoms with Gasteiger partial charge in [0.1, 0.15) is 34.9 Å². The maximum absolute atomic E-state index is 14.0. The molecule has 1 amide bonds. The topological polar surface area (TPSA) is 245 Å². The molecule has 0 saturated heterocycles. The molecule has 1 aromatic rings. The van der Waals surface area contributed by atoms with Crippen molar-refractivity contribution in [3.8, 4) is 11.5 Å². The van der Waals surface area contributed by atoms with Crippen molar-refractivity contribution in [2.24, 2.45) is 23.7 Å². The van der Waals surface area contributed by atoms with Crippen molar-refractivity contribution in [3.05, 3.63) is 69.2 Å². The third-order valence-electron chi connectivity index (χ3n) is 10.9. The Hall–Kier alpha value is -5.29.